The van der Waals surface area contributed by atoms with E-state index < -0.39 is 15.9 Å². The molecule has 0 saturated carbocycles. The molecule has 0 spiro atoms. The summed E-state index contributed by atoms with van der Waals surface area (Å²) in [6, 6.07) is 13.8. The highest BCUT2D eigenvalue weighted by Crippen LogP contribution is 2.24. The fraction of sp³-hybridized carbons (Fsp3) is 0.227. The molecule has 1 N–H and O–H groups in total. The molecule has 2 heterocycles. The first-order valence-corrected chi connectivity index (χ1v) is 13.1. The number of aromatic nitrogens is 2. The first-order chi connectivity index (χ1) is 15.7. The van der Waals surface area contributed by atoms with Gasteiger partial charge in [0.25, 0.3) is 11.9 Å². The molecule has 2 aromatic heterocycles. The van der Waals surface area contributed by atoms with Crippen LogP contribution in [0.15, 0.2) is 52.4 Å². The number of halogens is 1. The van der Waals surface area contributed by atoms with Crippen LogP contribution in [-0.2, 0) is 23.0 Å². The molecule has 2 aromatic carbocycles. The number of hydrogen-bond acceptors (Lipinski definition) is 8. The van der Waals surface area contributed by atoms with Crippen LogP contribution in [0.1, 0.15) is 27.4 Å². The van der Waals surface area contributed by atoms with Gasteiger partial charge >= 0.3 is 0 Å². The quantitative estimate of drug-likeness (QED) is 0.383. The molecule has 33 heavy (non-hydrogen) atoms. The number of hydrogen-bond donors (Lipinski definition) is 1. The number of fused-ring (bicyclic) bond motifs is 1. The van der Waals surface area contributed by atoms with E-state index in [4.69, 9.17) is 16.0 Å². The summed E-state index contributed by atoms with van der Waals surface area (Å²) in [5.41, 5.74) is 4.78. The molecular formula is C22H21ClN4O4S2. The SMILES string of the molecule is Cc1oc(N(CCc2ccc(Cl)cc2)Cc2ccc3ncsc3c2)nc1C(=O)NS(C)(=O)=O. The van der Waals surface area contributed by atoms with Crippen molar-refractivity contribution in [2.24, 2.45) is 0 Å². The number of amides is 1. The zero-order valence-electron chi connectivity index (χ0n) is 17.9. The number of carbonyl (C=O) groups excluding carboxylic acids is 1. The number of rotatable bonds is 8. The first kappa shape index (κ1) is 23.2. The summed E-state index contributed by atoms with van der Waals surface area (Å²) in [7, 11) is -3.72. The Hall–Kier alpha value is -2.95. The summed E-state index contributed by atoms with van der Waals surface area (Å²) >= 11 is 7.55. The molecule has 0 atom stereocenters. The van der Waals surface area contributed by atoms with Gasteiger partial charge in [-0.1, -0.05) is 29.8 Å². The number of anilines is 1. The molecule has 0 saturated heterocycles. The minimum atomic E-state index is -3.72. The molecule has 172 valence electrons. The highest BCUT2D eigenvalue weighted by molar-refractivity contribution is 7.89. The minimum absolute atomic E-state index is 0.0650. The van der Waals surface area contributed by atoms with Crippen molar-refractivity contribution in [1.29, 1.82) is 0 Å². The summed E-state index contributed by atoms with van der Waals surface area (Å²) in [4.78, 5) is 22.9. The molecule has 4 aromatic rings. The maximum Gasteiger partial charge on any atom is 0.298 e. The zero-order valence-corrected chi connectivity index (χ0v) is 20.3. The lowest BCUT2D eigenvalue weighted by atomic mass is 10.1. The van der Waals surface area contributed by atoms with Gasteiger partial charge in [0, 0.05) is 18.1 Å². The first-order valence-electron chi connectivity index (χ1n) is 9.99. The summed E-state index contributed by atoms with van der Waals surface area (Å²) in [6.07, 6.45) is 1.60. The Kier molecular flexibility index (Phi) is 6.68. The van der Waals surface area contributed by atoms with Crippen molar-refractivity contribution in [2.45, 2.75) is 19.9 Å². The lowest BCUT2D eigenvalue weighted by Gasteiger charge is -2.21. The Morgan fingerprint density at radius 3 is 2.64 bits per heavy atom. The van der Waals surface area contributed by atoms with Gasteiger partial charge in [-0.05, 0) is 48.7 Å². The van der Waals surface area contributed by atoms with Crippen molar-refractivity contribution in [2.75, 3.05) is 17.7 Å². The standard InChI is InChI=1S/C22H21ClN4O4S2/c1-14-20(21(28)26-33(2,29)30)25-22(31-14)27(10-9-15-3-6-17(23)7-4-15)12-16-5-8-18-19(11-16)32-13-24-18/h3-8,11,13H,9-10,12H2,1-2H3,(H,26,28). The van der Waals surface area contributed by atoms with Crippen LogP contribution in [0.4, 0.5) is 6.01 Å². The van der Waals surface area contributed by atoms with Gasteiger partial charge in [-0.2, -0.15) is 4.98 Å². The average molecular weight is 505 g/mol. The smallest absolute Gasteiger partial charge is 0.298 e. The molecule has 0 bridgehead atoms. The number of aryl methyl sites for hydroxylation is 1. The molecule has 4 rings (SSSR count). The van der Waals surface area contributed by atoms with E-state index in [2.05, 4.69) is 16.0 Å². The molecule has 11 heteroatoms. The molecule has 0 unspecified atom stereocenters. The van der Waals surface area contributed by atoms with Crippen molar-refractivity contribution in [3.8, 4) is 0 Å². The van der Waals surface area contributed by atoms with Gasteiger partial charge < -0.3 is 9.32 Å². The van der Waals surface area contributed by atoms with Crippen LogP contribution < -0.4 is 9.62 Å². The van der Waals surface area contributed by atoms with Crippen molar-refractivity contribution in [3.63, 3.8) is 0 Å². The Morgan fingerprint density at radius 2 is 1.91 bits per heavy atom. The van der Waals surface area contributed by atoms with Crippen LogP contribution in [0.25, 0.3) is 10.2 Å². The topological polar surface area (TPSA) is 105 Å². The van der Waals surface area contributed by atoms with Crippen LogP contribution in [0, 0.1) is 6.92 Å². The second-order valence-corrected chi connectivity index (χ2v) is 10.6. The van der Waals surface area contributed by atoms with Gasteiger partial charge in [-0.25, -0.2) is 18.1 Å². The summed E-state index contributed by atoms with van der Waals surface area (Å²) in [6.45, 7) is 2.61. The van der Waals surface area contributed by atoms with Gasteiger partial charge in [-0.3, -0.25) is 4.79 Å². The lowest BCUT2D eigenvalue weighted by molar-refractivity contribution is 0.0976. The minimum Gasteiger partial charge on any atom is -0.428 e. The number of nitrogens with zero attached hydrogens (tertiary/aromatic N) is 3. The van der Waals surface area contributed by atoms with Crippen LogP contribution >= 0.6 is 22.9 Å². The van der Waals surface area contributed by atoms with E-state index in [1.165, 1.54) is 0 Å². The number of benzene rings is 2. The van der Waals surface area contributed by atoms with E-state index in [0.717, 1.165) is 27.6 Å². The summed E-state index contributed by atoms with van der Waals surface area (Å²) < 4.78 is 31.7. The lowest BCUT2D eigenvalue weighted by Crippen LogP contribution is -2.30. The number of sulfonamides is 1. The normalized spacial score (nSPS) is 11.6. The second kappa shape index (κ2) is 9.50. The molecule has 0 aliphatic heterocycles. The number of thiazole rings is 1. The maximum absolute atomic E-state index is 12.4. The third-order valence-corrected chi connectivity index (χ3v) is 6.50. The monoisotopic (exact) mass is 504 g/mol. The number of carbonyl (C=O) groups is 1. The molecule has 1 amide bonds. The Labute approximate surface area is 200 Å². The molecule has 0 radical (unpaired) electrons. The van der Waals surface area contributed by atoms with E-state index in [9.17, 15) is 13.2 Å². The average Bonchev–Trinajstić information content (AvgIpc) is 3.37. The number of oxazole rings is 1. The largest absolute Gasteiger partial charge is 0.428 e. The predicted octanol–water partition coefficient (Wildman–Crippen LogP) is 4.18. The van der Waals surface area contributed by atoms with E-state index in [-0.39, 0.29) is 17.5 Å². The van der Waals surface area contributed by atoms with Crippen molar-refractivity contribution < 1.29 is 17.6 Å². The van der Waals surface area contributed by atoms with Crippen LogP contribution in [0.5, 0.6) is 0 Å². The summed E-state index contributed by atoms with van der Waals surface area (Å²) in [5, 5.41) is 0.665. The maximum atomic E-state index is 12.4. The summed E-state index contributed by atoms with van der Waals surface area (Å²) in [5.74, 6) is -0.589. The van der Waals surface area contributed by atoms with Gasteiger partial charge in [0.05, 0.1) is 22.0 Å². The van der Waals surface area contributed by atoms with Gasteiger partial charge in [0.2, 0.25) is 10.0 Å². The van der Waals surface area contributed by atoms with E-state index in [0.29, 0.717) is 24.5 Å². The molecule has 0 fully saturated rings. The Balaban J connectivity index is 1.61. The van der Waals surface area contributed by atoms with Gasteiger partial charge in [-0.15, -0.1) is 11.3 Å². The third-order valence-electron chi connectivity index (χ3n) is 4.90. The zero-order chi connectivity index (χ0) is 23.6. The molecule has 0 aliphatic carbocycles. The highest BCUT2D eigenvalue weighted by atomic mass is 35.5. The van der Waals surface area contributed by atoms with E-state index in [1.807, 2.05) is 46.0 Å². The van der Waals surface area contributed by atoms with E-state index >= 15 is 0 Å². The Morgan fingerprint density at radius 1 is 1.18 bits per heavy atom. The van der Waals surface area contributed by atoms with Crippen LogP contribution in [0.2, 0.25) is 5.02 Å². The molecule has 0 aliphatic rings. The fourth-order valence-electron chi connectivity index (χ4n) is 3.32. The Bertz CT molecular complexity index is 1400. The second-order valence-electron chi connectivity index (χ2n) is 7.56. The van der Waals surface area contributed by atoms with Crippen LogP contribution in [0.3, 0.4) is 0 Å². The van der Waals surface area contributed by atoms with Crippen molar-refractivity contribution >= 4 is 55.1 Å². The van der Waals surface area contributed by atoms with Crippen LogP contribution in [-0.4, -0.2) is 37.1 Å². The molecular weight excluding hydrogens is 484 g/mol. The van der Waals surface area contributed by atoms with Gasteiger partial charge in [0.15, 0.2) is 5.69 Å². The van der Waals surface area contributed by atoms with Crippen molar-refractivity contribution in [1.82, 2.24) is 14.7 Å². The fourth-order valence-corrected chi connectivity index (χ4v) is 4.62. The third kappa shape index (κ3) is 5.89. The predicted molar refractivity (Wildman–Crippen MR) is 129 cm³/mol. The highest BCUT2D eigenvalue weighted by Gasteiger charge is 2.23. The molecule has 8 nitrogen and oxygen atoms in total. The van der Waals surface area contributed by atoms with Crippen molar-refractivity contribution in [3.05, 3.63) is 75.6 Å². The number of nitrogens with one attached hydrogen (secondary N) is 1. The van der Waals surface area contributed by atoms with E-state index in [1.54, 1.807) is 23.8 Å². The van der Waals surface area contributed by atoms with Gasteiger partial charge in [0.1, 0.15) is 5.76 Å².